The lowest BCUT2D eigenvalue weighted by Crippen LogP contribution is -2.14. The highest BCUT2D eigenvalue weighted by Crippen LogP contribution is 2.40. The summed E-state index contributed by atoms with van der Waals surface area (Å²) in [5, 5.41) is 0. The Morgan fingerprint density at radius 2 is 2.19 bits per heavy atom. The number of allylic oxidation sites excluding steroid dienone is 4. The van der Waals surface area contributed by atoms with E-state index in [4.69, 9.17) is 0 Å². The molecule has 0 spiro atoms. The minimum Gasteiger partial charge on any atom is -0.0836 e. The molecular formula is C16H18. The zero-order valence-electron chi connectivity index (χ0n) is 9.87. The lowest BCUT2D eigenvalue weighted by molar-refractivity contribution is 0.687. The predicted octanol–water partition coefficient (Wildman–Crippen LogP) is 4.17. The topological polar surface area (TPSA) is 0 Å². The van der Waals surface area contributed by atoms with Crippen LogP contribution in [0.4, 0.5) is 0 Å². The van der Waals surface area contributed by atoms with Crippen LogP contribution in [0.5, 0.6) is 0 Å². The van der Waals surface area contributed by atoms with Crippen molar-refractivity contribution in [3.8, 4) is 0 Å². The standard InChI is InChI=1S/C16H18/c1-2-12-7-10-16-14(11-12)9-8-13-5-3-4-6-15(13)16/h3-5,7,10-11,15H,2,6,8-9H2,1H3. The van der Waals surface area contributed by atoms with Gasteiger partial charge in [-0.15, -0.1) is 0 Å². The van der Waals surface area contributed by atoms with E-state index in [1.54, 1.807) is 16.7 Å². The van der Waals surface area contributed by atoms with Crippen molar-refractivity contribution < 1.29 is 0 Å². The van der Waals surface area contributed by atoms with Gasteiger partial charge in [0.05, 0.1) is 0 Å². The lowest BCUT2D eigenvalue weighted by Gasteiger charge is -2.29. The number of hydrogen-bond acceptors (Lipinski definition) is 0. The summed E-state index contributed by atoms with van der Waals surface area (Å²) in [6.45, 7) is 2.24. The van der Waals surface area contributed by atoms with Gasteiger partial charge in [-0.3, -0.25) is 0 Å². The van der Waals surface area contributed by atoms with E-state index < -0.39 is 0 Å². The van der Waals surface area contributed by atoms with Crippen LogP contribution in [0, 0.1) is 0 Å². The van der Waals surface area contributed by atoms with Crippen LogP contribution < -0.4 is 0 Å². The zero-order chi connectivity index (χ0) is 11.0. The van der Waals surface area contributed by atoms with E-state index in [2.05, 4.69) is 43.4 Å². The third-order valence-corrected chi connectivity index (χ3v) is 3.94. The summed E-state index contributed by atoms with van der Waals surface area (Å²) in [6, 6.07) is 7.09. The largest absolute Gasteiger partial charge is 0.0836 e. The van der Waals surface area contributed by atoms with Gasteiger partial charge < -0.3 is 0 Å². The Kier molecular flexibility index (Phi) is 2.43. The van der Waals surface area contributed by atoms with E-state index in [9.17, 15) is 0 Å². The number of rotatable bonds is 1. The third kappa shape index (κ3) is 1.53. The molecule has 0 radical (unpaired) electrons. The lowest BCUT2D eigenvalue weighted by atomic mass is 9.75. The van der Waals surface area contributed by atoms with Gasteiger partial charge in [0.25, 0.3) is 0 Å². The van der Waals surface area contributed by atoms with Crippen molar-refractivity contribution in [1.29, 1.82) is 0 Å². The fourth-order valence-electron chi connectivity index (χ4n) is 2.97. The van der Waals surface area contributed by atoms with Crippen molar-refractivity contribution in [1.82, 2.24) is 0 Å². The maximum absolute atomic E-state index is 2.42. The number of aryl methyl sites for hydroxylation is 2. The molecule has 1 atom stereocenters. The van der Waals surface area contributed by atoms with Crippen LogP contribution in [0.2, 0.25) is 0 Å². The molecule has 2 aliphatic carbocycles. The van der Waals surface area contributed by atoms with E-state index >= 15 is 0 Å². The summed E-state index contributed by atoms with van der Waals surface area (Å²) in [4.78, 5) is 0. The van der Waals surface area contributed by atoms with Gasteiger partial charge in [0, 0.05) is 5.92 Å². The second-order valence-corrected chi connectivity index (χ2v) is 4.84. The molecule has 1 unspecified atom stereocenters. The Morgan fingerprint density at radius 3 is 3.06 bits per heavy atom. The Hall–Kier alpha value is -1.30. The first-order valence-electron chi connectivity index (χ1n) is 6.35. The molecule has 1 aromatic carbocycles. The molecule has 0 aliphatic heterocycles. The first kappa shape index (κ1) is 9.89. The van der Waals surface area contributed by atoms with Crippen LogP contribution in [0.15, 0.2) is 42.0 Å². The van der Waals surface area contributed by atoms with E-state index in [1.165, 1.54) is 24.8 Å². The average molecular weight is 210 g/mol. The molecule has 0 bridgehead atoms. The van der Waals surface area contributed by atoms with Crippen molar-refractivity contribution in [2.75, 3.05) is 0 Å². The van der Waals surface area contributed by atoms with Crippen LogP contribution in [0.25, 0.3) is 0 Å². The predicted molar refractivity (Wildman–Crippen MR) is 68.7 cm³/mol. The van der Waals surface area contributed by atoms with Crippen molar-refractivity contribution in [2.45, 2.75) is 38.5 Å². The fourth-order valence-corrected chi connectivity index (χ4v) is 2.97. The molecule has 0 saturated heterocycles. The first-order valence-corrected chi connectivity index (χ1v) is 6.35. The molecule has 82 valence electrons. The van der Waals surface area contributed by atoms with E-state index in [-0.39, 0.29) is 0 Å². The van der Waals surface area contributed by atoms with E-state index in [0.29, 0.717) is 5.92 Å². The zero-order valence-corrected chi connectivity index (χ0v) is 9.87. The minimum absolute atomic E-state index is 0.680. The van der Waals surface area contributed by atoms with Crippen LogP contribution in [-0.4, -0.2) is 0 Å². The maximum atomic E-state index is 2.42. The first-order chi connectivity index (χ1) is 7.88. The summed E-state index contributed by atoms with van der Waals surface area (Å²) in [5.41, 5.74) is 6.30. The highest BCUT2D eigenvalue weighted by Gasteiger charge is 2.24. The molecule has 0 saturated carbocycles. The smallest absolute Gasteiger partial charge is 0.00887 e. The molecule has 2 aliphatic rings. The molecular weight excluding hydrogens is 192 g/mol. The van der Waals surface area contributed by atoms with Crippen molar-refractivity contribution >= 4 is 0 Å². The number of hydrogen-bond donors (Lipinski definition) is 0. The van der Waals surface area contributed by atoms with Gasteiger partial charge in [-0.2, -0.15) is 0 Å². The molecule has 0 N–H and O–H groups in total. The molecule has 0 aromatic heterocycles. The normalized spacial score (nSPS) is 22.3. The minimum atomic E-state index is 0.680. The van der Waals surface area contributed by atoms with Crippen molar-refractivity contribution in [3.63, 3.8) is 0 Å². The molecule has 0 fully saturated rings. The second-order valence-electron chi connectivity index (χ2n) is 4.84. The average Bonchev–Trinajstić information content (AvgIpc) is 2.38. The van der Waals surface area contributed by atoms with Gasteiger partial charge in [-0.25, -0.2) is 0 Å². The van der Waals surface area contributed by atoms with Crippen LogP contribution in [0.3, 0.4) is 0 Å². The second kappa shape index (κ2) is 3.93. The molecule has 0 heteroatoms. The fraction of sp³-hybridized carbons (Fsp3) is 0.375. The SMILES string of the molecule is CCc1ccc2c(c1)CCC1=CC=CCC12. The Bertz CT molecular complexity index is 463. The Labute approximate surface area is 97.7 Å². The summed E-state index contributed by atoms with van der Waals surface area (Å²) < 4.78 is 0. The van der Waals surface area contributed by atoms with Crippen LogP contribution >= 0.6 is 0 Å². The molecule has 3 rings (SSSR count). The monoisotopic (exact) mass is 210 g/mol. The molecule has 16 heavy (non-hydrogen) atoms. The highest BCUT2D eigenvalue weighted by atomic mass is 14.3. The molecule has 0 heterocycles. The Morgan fingerprint density at radius 1 is 1.25 bits per heavy atom. The molecule has 0 amide bonds. The Balaban J connectivity index is 2.04. The quantitative estimate of drug-likeness (QED) is 0.652. The molecule has 0 nitrogen and oxygen atoms in total. The number of benzene rings is 1. The summed E-state index contributed by atoms with van der Waals surface area (Å²) in [7, 11) is 0. The van der Waals surface area contributed by atoms with Gasteiger partial charge in [0.2, 0.25) is 0 Å². The van der Waals surface area contributed by atoms with Crippen LogP contribution in [-0.2, 0) is 12.8 Å². The summed E-state index contributed by atoms with van der Waals surface area (Å²) in [5.74, 6) is 0.680. The van der Waals surface area contributed by atoms with E-state index in [0.717, 1.165) is 6.42 Å². The number of fused-ring (bicyclic) bond motifs is 3. The highest BCUT2D eigenvalue weighted by molar-refractivity contribution is 5.45. The third-order valence-electron chi connectivity index (χ3n) is 3.94. The van der Waals surface area contributed by atoms with Crippen molar-refractivity contribution in [3.05, 3.63) is 58.7 Å². The summed E-state index contributed by atoms with van der Waals surface area (Å²) in [6.07, 6.45) is 11.7. The van der Waals surface area contributed by atoms with Gasteiger partial charge in [-0.1, -0.05) is 48.9 Å². The maximum Gasteiger partial charge on any atom is 0.00887 e. The van der Waals surface area contributed by atoms with Crippen molar-refractivity contribution in [2.24, 2.45) is 0 Å². The van der Waals surface area contributed by atoms with Gasteiger partial charge in [0.15, 0.2) is 0 Å². The summed E-state index contributed by atoms with van der Waals surface area (Å²) >= 11 is 0. The van der Waals surface area contributed by atoms with Gasteiger partial charge in [-0.05, 0) is 42.4 Å². The molecule has 1 aromatic rings. The van der Waals surface area contributed by atoms with Gasteiger partial charge >= 0.3 is 0 Å². The van der Waals surface area contributed by atoms with E-state index in [1.807, 2.05) is 0 Å². The van der Waals surface area contributed by atoms with Gasteiger partial charge in [0.1, 0.15) is 0 Å². The van der Waals surface area contributed by atoms with Crippen LogP contribution in [0.1, 0.15) is 42.4 Å².